The Kier molecular flexibility index (Phi) is 52.8. The first-order chi connectivity index (χ1) is 17.9. The molecule has 0 aromatic heterocycles. The maximum absolute atomic E-state index is 3.63. The molecule has 2 saturated heterocycles. The molecular formula is C28H54Cl8N8-8. The zero-order valence-corrected chi connectivity index (χ0v) is 31.8. The van der Waals surface area contributed by atoms with Crippen LogP contribution in [0.1, 0.15) is 36.8 Å². The van der Waals surface area contributed by atoms with E-state index in [1.807, 2.05) is 0 Å². The van der Waals surface area contributed by atoms with Crippen LogP contribution in [0.15, 0.2) is 24.3 Å². The summed E-state index contributed by atoms with van der Waals surface area (Å²) in [6.45, 7) is 19.6. The fourth-order valence-corrected chi connectivity index (χ4v) is 4.92. The summed E-state index contributed by atoms with van der Waals surface area (Å²) in [6.07, 6.45) is 4.80. The van der Waals surface area contributed by atoms with Crippen LogP contribution in [0, 0.1) is 0 Å². The quantitative estimate of drug-likeness (QED) is 0.180. The zero-order valence-electron chi connectivity index (χ0n) is 25.8. The smallest absolute Gasteiger partial charge is 0.0234 e. The molecule has 2 aliphatic heterocycles. The van der Waals surface area contributed by atoms with Gasteiger partial charge in [-0.25, -0.2) is 0 Å². The van der Waals surface area contributed by atoms with E-state index < -0.39 is 0 Å². The first-order valence-electron chi connectivity index (χ1n) is 14.7. The number of halogens is 8. The Labute approximate surface area is 317 Å². The highest BCUT2D eigenvalue weighted by molar-refractivity contribution is 5.22. The number of nitrogens with zero attached hydrogens (tertiary/aromatic N) is 2. The molecule has 0 radical (unpaired) electrons. The number of hydrogen-bond donors (Lipinski definition) is 6. The molecule has 1 aromatic rings. The summed E-state index contributed by atoms with van der Waals surface area (Å²) in [5.41, 5.74) is 2.86. The van der Waals surface area contributed by atoms with Crippen LogP contribution in [0.25, 0.3) is 0 Å². The third-order valence-corrected chi connectivity index (χ3v) is 7.07. The largest absolute Gasteiger partial charge is 1.00 e. The lowest BCUT2D eigenvalue weighted by Crippen LogP contribution is -3.00. The fourth-order valence-electron chi connectivity index (χ4n) is 4.92. The van der Waals surface area contributed by atoms with Crippen molar-refractivity contribution in [1.29, 1.82) is 0 Å². The average Bonchev–Trinajstić information content (AvgIpc) is 2.89. The molecule has 0 amide bonds. The molecule has 6 N–H and O–H groups in total. The highest BCUT2D eigenvalue weighted by Gasteiger charge is 2.09. The summed E-state index contributed by atoms with van der Waals surface area (Å²) in [7, 11) is 0. The van der Waals surface area contributed by atoms with Crippen molar-refractivity contribution >= 4 is 0 Å². The average molecular weight is 786 g/mol. The summed E-state index contributed by atoms with van der Waals surface area (Å²) in [6, 6.07) is 9.42. The van der Waals surface area contributed by atoms with Gasteiger partial charge in [-0.2, -0.15) is 0 Å². The maximum Gasteiger partial charge on any atom is 0.0234 e. The lowest BCUT2D eigenvalue weighted by molar-refractivity contribution is -0.00100. The second kappa shape index (κ2) is 40.4. The van der Waals surface area contributed by atoms with Gasteiger partial charge < -0.3 is 131 Å². The van der Waals surface area contributed by atoms with E-state index >= 15 is 0 Å². The van der Waals surface area contributed by atoms with Gasteiger partial charge in [0.15, 0.2) is 0 Å². The minimum absolute atomic E-state index is 0. The van der Waals surface area contributed by atoms with Crippen molar-refractivity contribution in [2.75, 3.05) is 105 Å². The van der Waals surface area contributed by atoms with Gasteiger partial charge in [-0.05, 0) is 89.2 Å². The van der Waals surface area contributed by atoms with Gasteiger partial charge in [-0.1, -0.05) is 24.3 Å². The van der Waals surface area contributed by atoms with Gasteiger partial charge in [0.25, 0.3) is 0 Å². The van der Waals surface area contributed by atoms with Crippen molar-refractivity contribution in [1.82, 2.24) is 41.7 Å². The monoisotopic (exact) mass is 782 g/mol. The van der Waals surface area contributed by atoms with Gasteiger partial charge in [0.05, 0.1) is 0 Å². The van der Waals surface area contributed by atoms with Gasteiger partial charge in [-0.3, -0.25) is 9.80 Å². The highest BCUT2D eigenvalue weighted by atomic mass is 35.5. The molecule has 1 aromatic carbocycles. The van der Waals surface area contributed by atoms with Gasteiger partial charge in [0.2, 0.25) is 0 Å². The molecule has 0 atom stereocenters. The van der Waals surface area contributed by atoms with Gasteiger partial charge >= 0.3 is 0 Å². The summed E-state index contributed by atoms with van der Waals surface area (Å²) in [4.78, 5) is 5.23. The highest BCUT2D eigenvalue weighted by Crippen LogP contribution is 2.11. The van der Waals surface area contributed by atoms with Crippen molar-refractivity contribution < 1.29 is 99.3 Å². The Bertz CT molecular complexity index is 588. The van der Waals surface area contributed by atoms with Crippen molar-refractivity contribution in [3.8, 4) is 0 Å². The molecule has 2 heterocycles. The van der Waals surface area contributed by atoms with Crippen LogP contribution in [0.5, 0.6) is 0 Å². The molecule has 0 bridgehead atoms. The van der Waals surface area contributed by atoms with Gasteiger partial charge in [-0.15, -0.1) is 0 Å². The van der Waals surface area contributed by atoms with E-state index in [0.29, 0.717) is 0 Å². The second-order valence-corrected chi connectivity index (χ2v) is 10.3. The van der Waals surface area contributed by atoms with E-state index in [2.05, 4.69) is 66.0 Å². The normalized spacial score (nSPS) is 18.7. The predicted octanol–water partition coefficient (Wildman–Crippen LogP) is -23.6. The van der Waals surface area contributed by atoms with Crippen LogP contribution in [-0.4, -0.2) is 115 Å². The SMILES string of the molecule is [Cl-].[Cl-].[Cl-].[Cl-].[Cl-].[Cl-].[Cl-].[Cl-].c1cc(CN2CCCNCCNCCCNCC2)ccc1CN1CCCNCCNCCCNCC1. The van der Waals surface area contributed by atoms with Crippen molar-refractivity contribution in [3.05, 3.63) is 35.4 Å². The van der Waals surface area contributed by atoms with Crippen LogP contribution < -0.4 is 131 Å². The van der Waals surface area contributed by atoms with E-state index in [9.17, 15) is 0 Å². The lowest BCUT2D eigenvalue weighted by Gasteiger charge is -2.24. The van der Waals surface area contributed by atoms with E-state index in [1.165, 1.54) is 36.8 Å². The summed E-state index contributed by atoms with van der Waals surface area (Å²) < 4.78 is 0. The van der Waals surface area contributed by atoms with Crippen LogP contribution in [0.4, 0.5) is 0 Å². The molecule has 2 fully saturated rings. The molecule has 8 nitrogen and oxygen atoms in total. The predicted molar refractivity (Wildman–Crippen MR) is 153 cm³/mol. The second-order valence-electron chi connectivity index (χ2n) is 10.3. The summed E-state index contributed by atoms with van der Waals surface area (Å²) in [5.74, 6) is 0. The molecule has 16 heteroatoms. The number of benzene rings is 1. The van der Waals surface area contributed by atoms with Crippen LogP contribution in [0.2, 0.25) is 0 Å². The molecular weight excluding hydrogens is 732 g/mol. The number of nitrogens with one attached hydrogen (secondary N) is 6. The molecule has 270 valence electrons. The Hall–Kier alpha value is 1.22. The van der Waals surface area contributed by atoms with E-state index in [-0.39, 0.29) is 99.3 Å². The van der Waals surface area contributed by atoms with E-state index in [1.54, 1.807) is 0 Å². The van der Waals surface area contributed by atoms with E-state index in [0.717, 1.165) is 118 Å². The molecule has 3 rings (SSSR count). The third kappa shape index (κ3) is 29.4. The standard InChI is InChI=1S/C28H54N8.8ClH/c1-9-29-15-17-31-13-3-21-35(23-19-33-11-1)25-27-5-7-28(8-6-27)26-36-22-4-14-32-18-16-30-10-2-12-34-20-24-36;;;;;;;;/h5-8,29-34H,1-4,9-26H2;8*1H/p-8. The summed E-state index contributed by atoms with van der Waals surface area (Å²) in [5, 5.41) is 21.4. The van der Waals surface area contributed by atoms with Crippen molar-refractivity contribution in [2.24, 2.45) is 0 Å². The summed E-state index contributed by atoms with van der Waals surface area (Å²) >= 11 is 0. The van der Waals surface area contributed by atoms with Crippen LogP contribution in [0.3, 0.4) is 0 Å². The Morgan fingerprint density at radius 2 is 0.614 bits per heavy atom. The number of hydrogen-bond acceptors (Lipinski definition) is 8. The Balaban J connectivity index is -0.000000451. The zero-order chi connectivity index (χ0) is 24.9. The minimum Gasteiger partial charge on any atom is -1.00 e. The van der Waals surface area contributed by atoms with Crippen molar-refractivity contribution in [3.63, 3.8) is 0 Å². The van der Waals surface area contributed by atoms with Gasteiger partial charge in [0.1, 0.15) is 0 Å². The number of rotatable bonds is 4. The fraction of sp³-hybridized carbons (Fsp3) is 0.786. The van der Waals surface area contributed by atoms with Crippen LogP contribution >= 0.6 is 0 Å². The first-order valence-corrected chi connectivity index (χ1v) is 14.7. The minimum atomic E-state index is 0. The van der Waals surface area contributed by atoms with Crippen LogP contribution in [-0.2, 0) is 13.1 Å². The topological polar surface area (TPSA) is 78.7 Å². The maximum atomic E-state index is 3.63. The molecule has 0 spiro atoms. The molecule has 0 saturated carbocycles. The third-order valence-electron chi connectivity index (χ3n) is 7.07. The molecule has 44 heavy (non-hydrogen) atoms. The Morgan fingerprint density at radius 3 is 0.932 bits per heavy atom. The molecule has 0 aliphatic carbocycles. The first kappa shape index (κ1) is 57.5. The van der Waals surface area contributed by atoms with Crippen molar-refractivity contribution in [2.45, 2.75) is 38.8 Å². The lowest BCUT2D eigenvalue weighted by atomic mass is 10.1. The van der Waals surface area contributed by atoms with Gasteiger partial charge in [0, 0.05) is 65.4 Å². The Morgan fingerprint density at radius 1 is 0.341 bits per heavy atom. The molecule has 0 unspecified atom stereocenters. The molecule has 2 aliphatic rings. The van der Waals surface area contributed by atoms with E-state index in [4.69, 9.17) is 0 Å².